The lowest BCUT2D eigenvalue weighted by atomic mass is 10.0. The second-order valence-corrected chi connectivity index (χ2v) is 11.1. The average molecular weight is 558 g/mol. The van der Waals surface area contributed by atoms with Crippen LogP contribution in [-0.4, -0.2) is 34.6 Å². The molecule has 0 aliphatic rings. The van der Waals surface area contributed by atoms with Crippen LogP contribution in [0.4, 0.5) is 0 Å². The fourth-order valence-corrected chi connectivity index (χ4v) is 4.97. The first-order chi connectivity index (χ1) is 17.9. The molecule has 0 fully saturated rings. The normalized spacial score (nSPS) is 12.5. The van der Waals surface area contributed by atoms with Crippen molar-refractivity contribution in [2.45, 2.75) is 63.1 Å². The molecule has 0 unspecified atom stereocenters. The lowest BCUT2D eigenvalue weighted by molar-refractivity contribution is -0.141. The Morgan fingerprint density at radius 3 is 2.14 bits per heavy atom. The van der Waals surface area contributed by atoms with Gasteiger partial charge in [0, 0.05) is 40.4 Å². The van der Waals surface area contributed by atoms with E-state index < -0.39 is 6.04 Å². The Labute approximate surface area is 234 Å². The maximum atomic E-state index is 13.7. The van der Waals surface area contributed by atoms with Gasteiger partial charge in [0.15, 0.2) is 0 Å². The van der Waals surface area contributed by atoms with E-state index >= 15 is 0 Å². The van der Waals surface area contributed by atoms with Crippen molar-refractivity contribution in [3.05, 3.63) is 100 Å². The van der Waals surface area contributed by atoms with Gasteiger partial charge in [-0.05, 0) is 73.0 Å². The molecule has 1 N–H and O–H groups in total. The van der Waals surface area contributed by atoms with Crippen molar-refractivity contribution < 1.29 is 9.59 Å². The molecule has 37 heavy (non-hydrogen) atoms. The quantitative estimate of drug-likeness (QED) is 0.176. The monoisotopic (exact) mass is 556 g/mol. The Morgan fingerprint density at radius 2 is 1.51 bits per heavy atom. The van der Waals surface area contributed by atoms with Crippen LogP contribution in [0.1, 0.15) is 44.2 Å². The summed E-state index contributed by atoms with van der Waals surface area (Å²) in [6.07, 6.45) is 2.32. The maximum absolute atomic E-state index is 13.7. The molecule has 0 heterocycles. The molecule has 0 aromatic heterocycles. The molecule has 3 aromatic carbocycles. The predicted octanol–water partition coefficient (Wildman–Crippen LogP) is 7.42. The van der Waals surface area contributed by atoms with Crippen molar-refractivity contribution in [3.63, 3.8) is 0 Å². The molecule has 196 valence electrons. The standard InChI is InChI=1S/C30H34Cl2N2O2S/c1-3-22(2)33-30(36)28(20-23-8-5-4-6-9-23)34(21-24-11-13-25(31)14-12-24)29(35)10-7-19-37-27-17-15-26(32)16-18-27/h4-6,8-9,11-18,22,28H,3,7,10,19-21H2,1-2H3,(H,33,36)/t22-,28-/m0/s1. The molecule has 7 heteroatoms. The highest BCUT2D eigenvalue weighted by Crippen LogP contribution is 2.23. The summed E-state index contributed by atoms with van der Waals surface area (Å²) in [6.45, 7) is 4.36. The van der Waals surface area contributed by atoms with Crippen LogP contribution in [0.5, 0.6) is 0 Å². The van der Waals surface area contributed by atoms with Crippen LogP contribution >= 0.6 is 35.0 Å². The predicted molar refractivity (Wildman–Crippen MR) is 155 cm³/mol. The van der Waals surface area contributed by atoms with Gasteiger partial charge in [0.1, 0.15) is 6.04 Å². The fraction of sp³-hybridized carbons (Fsp3) is 0.333. The molecule has 2 atom stereocenters. The van der Waals surface area contributed by atoms with Crippen molar-refractivity contribution in [2.24, 2.45) is 0 Å². The molecule has 4 nitrogen and oxygen atoms in total. The van der Waals surface area contributed by atoms with Crippen molar-refractivity contribution in [1.82, 2.24) is 10.2 Å². The molecule has 0 saturated heterocycles. The van der Waals surface area contributed by atoms with Crippen LogP contribution in [-0.2, 0) is 22.6 Å². The number of carbonyl (C=O) groups is 2. The molecular formula is C30H34Cl2N2O2S. The first-order valence-corrected chi connectivity index (χ1v) is 14.4. The van der Waals surface area contributed by atoms with Crippen molar-refractivity contribution in [2.75, 3.05) is 5.75 Å². The third kappa shape index (κ3) is 9.73. The number of nitrogens with one attached hydrogen (secondary N) is 1. The van der Waals surface area contributed by atoms with Gasteiger partial charge in [-0.2, -0.15) is 0 Å². The lowest BCUT2D eigenvalue weighted by Crippen LogP contribution is -2.52. The first-order valence-electron chi connectivity index (χ1n) is 12.6. The Kier molecular flexibility index (Phi) is 11.8. The van der Waals surface area contributed by atoms with E-state index in [1.54, 1.807) is 16.7 Å². The van der Waals surface area contributed by atoms with E-state index in [0.29, 0.717) is 35.9 Å². The number of hydrogen-bond donors (Lipinski definition) is 1. The molecule has 0 aliphatic carbocycles. The van der Waals surface area contributed by atoms with Crippen molar-refractivity contribution in [3.8, 4) is 0 Å². The number of benzene rings is 3. The summed E-state index contributed by atoms with van der Waals surface area (Å²) in [4.78, 5) is 30.0. The van der Waals surface area contributed by atoms with Gasteiger partial charge in [-0.15, -0.1) is 11.8 Å². The lowest BCUT2D eigenvalue weighted by Gasteiger charge is -2.32. The van der Waals surface area contributed by atoms with Crippen LogP contribution in [0.2, 0.25) is 10.0 Å². The summed E-state index contributed by atoms with van der Waals surface area (Å²) in [7, 11) is 0. The fourth-order valence-electron chi connectivity index (χ4n) is 3.87. The second kappa shape index (κ2) is 15.1. The van der Waals surface area contributed by atoms with Gasteiger partial charge in [0.2, 0.25) is 11.8 Å². The molecule has 2 amide bonds. The molecule has 0 saturated carbocycles. The van der Waals surface area contributed by atoms with Crippen molar-refractivity contribution in [1.29, 1.82) is 0 Å². The van der Waals surface area contributed by atoms with Crippen LogP contribution in [0.25, 0.3) is 0 Å². The van der Waals surface area contributed by atoms with E-state index in [4.69, 9.17) is 23.2 Å². The summed E-state index contributed by atoms with van der Waals surface area (Å²) in [6, 6.07) is 24.4. The minimum absolute atomic E-state index is 0.0223. The Bertz CT molecular complexity index is 1120. The van der Waals surface area contributed by atoms with Gasteiger partial charge in [-0.25, -0.2) is 0 Å². The molecule has 3 aromatic rings. The summed E-state index contributed by atoms with van der Waals surface area (Å²) in [5, 5.41) is 4.45. The minimum Gasteiger partial charge on any atom is -0.352 e. The number of rotatable bonds is 13. The van der Waals surface area contributed by atoms with Crippen LogP contribution in [0.3, 0.4) is 0 Å². The summed E-state index contributed by atoms with van der Waals surface area (Å²) in [5.41, 5.74) is 1.95. The summed E-state index contributed by atoms with van der Waals surface area (Å²) < 4.78 is 0. The number of halogens is 2. The van der Waals surface area contributed by atoms with Gasteiger partial charge in [-0.3, -0.25) is 9.59 Å². The van der Waals surface area contributed by atoms with Gasteiger partial charge < -0.3 is 10.2 Å². The van der Waals surface area contributed by atoms with Crippen molar-refractivity contribution >= 4 is 46.8 Å². The third-order valence-corrected chi connectivity index (χ3v) is 7.76. The Balaban J connectivity index is 1.78. The van der Waals surface area contributed by atoms with Gasteiger partial charge in [-0.1, -0.05) is 72.6 Å². The zero-order valence-electron chi connectivity index (χ0n) is 21.3. The minimum atomic E-state index is -0.622. The largest absolute Gasteiger partial charge is 0.352 e. The number of amides is 2. The zero-order valence-corrected chi connectivity index (χ0v) is 23.7. The molecule has 0 aliphatic heterocycles. The van der Waals surface area contributed by atoms with Gasteiger partial charge in [0.05, 0.1) is 0 Å². The highest BCUT2D eigenvalue weighted by molar-refractivity contribution is 7.99. The Morgan fingerprint density at radius 1 is 0.892 bits per heavy atom. The van der Waals surface area contributed by atoms with Crippen LogP contribution in [0, 0.1) is 0 Å². The third-order valence-electron chi connectivity index (χ3n) is 6.16. The molecular weight excluding hydrogens is 523 g/mol. The molecule has 0 radical (unpaired) electrons. The first kappa shape index (κ1) is 29.1. The van der Waals surface area contributed by atoms with Gasteiger partial charge in [0.25, 0.3) is 0 Å². The highest BCUT2D eigenvalue weighted by atomic mass is 35.5. The number of nitrogens with zero attached hydrogens (tertiary/aromatic N) is 1. The number of thioether (sulfide) groups is 1. The number of hydrogen-bond acceptors (Lipinski definition) is 3. The van der Waals surface area contributed by atoms with E-state index in [9.17, 15) is 9.59 Å². The van der Waals surface area contributed by atoms with E-state index in [-0.39, 0.29) is 17.9 Å². The molecule has 0 bridgehead atoms. The van der Waals surface area contributed by atoms with Crippen LogP contribution in [0.15, 0.2) is 83.8 Å². The summed E-state index contributed by atoms with van der Waals surface area (Å²) in [5.74, 6) is 0.632. The smallest absolute Gasteiger partial charge is 0.243 e. The van der Waals surface area contributed by atoms with E-state index in [0.717, 1.165) is 28.2 Å². The number of carbonyl (C=O) groups excluding carboxylic acids is 2. The topological polar surface area (TPSA) is 49.4 Å². The summed E-state index contributed by atoms with van der Waals surface area (Å²) >= 11 is 13.8. The average Bonchev–Trinajstić information content (AvgIpc) is 2.91. The molecule has 3 rings (SSSR count). The highest BCUT2D eigenvalue weighted by Gasteiger charge is 2.30. The second-order valence-electron chi connectivity index (χ2n) is 9.08. The van der Waals surface area contributed by atoms with E-state index in [1.165, 1.54) is 0 Å². The Hall–Kier alpha value is -2.47. The van der Waals surface area contributed by atoms with E-state index in [2.05, 4.69) is 5.32 Å². The van der Waals surface area contributed by atoms with Crippen LogP contribution < -0.4 is 5.32 Å². The zero-order chi connectivity index (χ0) is 26.6. The van der Waals surface area contributed by atoms with Gasteiger partial charge >= 0.3 is 0 Å². The molecule has 0 spiro atoms. The SMILES string of the molecule is CC[C@H](C)NC(=O)[C@H](Cc1ccccc1)N(Cc1ccc(Cl)cc1)C(=O)CCCSc1ccc(Cl)cc1. The maximum Gasteiger partial charge on any atom is 0.243 e. The van der Waals surface area contributed by atoms with E-state index in [1.807, 2.05) is 92.7 Å².